The summed E-state index contributed by atoms with van der Waals surface area (Å²) in [6.07, 6.45) is 4.19. The van der Waals surface area contributed by atoms with Gasteiger partial charge in [0.2, 0.25) is 0 Å². The Labute approximate surface area is 190 Å². The van der Waals surface area contributed by atoms with Crippen LogP contribution in [0.2, 0.25) is 0 Å². The Kier molecular flexibility index (Phi) is 10.4. The molecule has 1 aliphatic heterocycles. The maximum Gasteiger partial charge on any atom is 0.191 e. The number of nitrogens with one attached hydrogen (secondary N) is 2. The van der Waals surface area contributed by atoms with Crippen LogP contribution in [0.3, 0.4) is 0 Å². The van der Waals surface area contributed by atoms with Crippen LogP contribution < -0.4 is 10.6 Å². The highest BCUT2D eigenvalue weighted by atomic mass is 127. The number of para-hydroxylation sites is 1. The van der Waals surface area contributed by atoms with Crippen molar-refractivity contribution < 1.29 is 9.47 Å². The van der Waals surface area contributed by atoms with Crippen LogP contribution in [-0.4, -0.2) is 54.8 Å². The highest BCUT2D eigenvalue weighted by molar-refractivity contribution is 14.0. The fraction of sp³-hybridized carbons (Fsp3) is 0.524. The number of aliphatic imine (C=N–C) groups is 1. The number of nitrogens with zero attached hydrogens (tertiary/aromatic N) is 3. The maximum atomic E-state index is 5.81. The lowest BCUT2D eigenvalue weighted by atomic mass is 10.2. The fourth-order valence-corrected chi connectivity index (χ4v) is 3.10. The molecule has 2 heterocycles. The summed E-state index contributed by atoms with van der Waals surface area (Å²) in [5.74, 6) is 0.818. The van der Waals surface area contributed by atoms with Gasteiger partial charge < -0.3 is 20.1 Å². The zero-order valence-electron chi connectivity index (χ0n) is 17.3. The van der Waals surface area contributed by atoms with Crippen LogP contribution >= 0.6 is 24.0 Å². The number of hydrogen-bond donors (Lipinski definition) is 2. The molecule has 1 saturated heterocycles. The number of hydrogen-bond acceptors (Lipinski definition) is 4. The van der Waals surface area contributed by atoms with Gasteiger partial charge in [-0.15, -0.1) is 24.0 Å². The first kappa shape index (κ1) is 23.6. The van der Waals surface area contributed by atoms with Crippen LogP contribution in [0, 0.1) is 6.92 Å². The first-order valence-corrected chi connectivity index (χ1v) is 10.1. The Balaban J connectivity index is 0.00000300. The van der Waals surface area contributed by atoms with Gasteiger partial charge in [0, 0.05) is 32.5 Å². The minimum Gasteiger partial charge on any atom is -0.379 e. The summed E-state index contributed by atoms with van der Waals surface area (Å²) in [6.45, 7) is 8.57. The average Bonchev–Trinajstić information content (AvgIpc) is 3.38. The Hall–Kier alpha value is -1.65. The second kappa shape index (κ2) is 12.8. The molecule has 0 spiro atoms. The Morgan fingerprint density at radius 1 is 1.31 bits per heavy atom. The number of rotatable bonds is 9. The van der Waals surface area contributed by atoms with E-state index in [0.717, 1.165) is 68.7 Å². The van der Waals surface area contributed by atoms with Gasteiger partial charge in [0.25, 0.3) is 0 Å². The average molecular weight is 513 g/mol. The summed E-state index contributed by atoms with van der Waals surface area (Å²) in [4.78, 5) is 4.74. The van der Waals surface area contributed by atoms with Crippen molar-refractivity contribution in [1.82, 2.24) is 20.4 Å². The monoisotopic (exact) mass is 513 g/mol. The zero-order valence-corrected chi connectivity index (χ0v) is 19.6. The molecule has 2 N–H and O–H groups in total. The number of aromatic nitrogens is 2. The van der Waals surface area contributed by atoms with Gasteiger partial charge in [-0.05, 0) is 44.4 Å². The number of aryl methyl sites for hydroxylation is 1. The summed E-state index contributed by atoms with van der Waals surface area (Å²) in [6, 6.07) is 10.2. The normalized spacial score (nSPS) is 16.5. The molecule has 7 nitrogen and oxygen atoms in total. The Bertz CT molecular complexity index is 759. The van der Waals surface area contributed by atoms with Crippen molar-refractivity contribution in [2.24, 2.45) is 4.99 Å². The summed E-state index contributed by atoms with van der Waals surface area (Å²) in [5.41, 5.74) is 3.19. The first-order valence-electron chi connectivity index (χ1n) is 10.1. The van der Waals surface area contributed by atoms with E-state index in [0.29, 0.717) is 6.54 Å². The molecule has 0 aliphatic carbocycles. The highest BCUT2D eigenvalue weighted by Gasteiger charge is 2.15. The summed E-state index contributed by atoms with van der Waals surface area (Å²) >= 11 is 0. The van der Waals surface area contributed by atoms with E-state index < -0.39 is 0 Å². The lowest BCUT2D eigenvalue weighted by molar-refractivity contribution is 0.0420. The van der Waals surface area contributed by atoms with Crippen LogP contribution in [0.1, 0.15) is 31.0 Å². The van der Waals surface area contributed by atoms with E-state index in [1.807, 2.05) is 36.0 Å². The van der Waals surface area contributed by atoms with Crippen LogP contribution in [-0.2, 0) is 16.0 Å². The first-order chi connectivity index (χ1) is 13.8. The van der Waals surface area contributed by atoms with Gasteiger partial charge in [0.15, 0.2) is 5.96 Å². The minimum atomic E-state index is 0. The van der Waals surface area contributed by atoms with E-state index in [9.17, 15) is 0 Å². The SMILES string of the molecule is CCNC(=NCc1ccccc1-n1ccc(C)n1)NCCCOC1CCOC1.I. The lowest BCUT2D eigenvalue weighted by Gasteiger charge is -2.13. The molecule has 0 radical (unpaired) electrons. The van der Waals surface area contributed by atoms with Gasteiger partial charge in [0.05, 0.1) is 30.6 Å². The van der Waals surface area contributed by atoms with Crippen molar-refractivity contribution >= 4 is 29.9 Å². The van der Waals surface area contributed by atoms with Crippen LogP contribution in [0.4, 0.5) is 0 Å². The Morgan fingerprint density at radius 3 is 2.90 bits per heavy atom. The summed E-state index contributed by atoms with van der Waals surface area (Å²) in [7, 11) is 0. The summed E-state index contributed by atoms with van der Waals surface area (Å²) < 4.78 is 13.0. The molecule has 0 saturated carbocycles. The van der Waals surface area contributed by atoms with Crippen LogP contribution in [0.15, 0.2) is 41.5 Å². The quantitative estimate of drug-likeness (QED) is 0.234. The van der Waals surface area contributed by atoms with E-state index in [1.54, 1.807) is 0 Å². The number of guanidine groups is 1. The molecule has 0 bridgehead atoms. The Morgan fingerprint density at radius 2 is 2.17 bits per heavy atom. The summed E-state index contributed by atoms with van der Waals surface area (Å²) in [5, 5.41) is 11.2. The molecule has 3 rings (SSSR count). The third-order valence-electron chi connectivity index (χ3n) is 4.57. The van der Waals surface area contributed by atoms with Gasteiger partial charge >= 0.3 is 0 Å². The van der Waals surface area contributed by atoms with E-state index >= 15 is 0 Å². The van der Waals surface area contributed by atoms with E-state index in [1.165, 1.54) is 0 Å². The second-order valence-electron chi connectivity index (χ2n) is 6.86. The van der Waals surface area contributed by atoms with Gasteiger partial charge in [-0.3, -0.25) is 0 Å². The second-order valence-corrected chi connectivity index (χ2v) is 6.86. The third kappa shape index (κ3) is 7.60. The predicted octanol–water partition coefficient (Wildman–Crippen LogP) is 3.05. The van der Waals surface area contributed by atoms with E-state index in [2.05, 4.69) is 34.8 Å². The lowest BCUT2D eigenvalue weighted by Crippen LogP contribution is -2.38. The molecule has 1 aromatic heterocycles. The standard InChI is InChI=1S/C21H31N5O2.HI/c1-3-22-21(23-11-6-13-28-19-10-14-27-16-19)24-15-18-7-4-5-8-20(18)26-12-9-17(2)25-26;/h4-5,7-9,12,19H,3,6,10-11,13-16H2,1-2H3,(H2,22,23,24);1H. The van der Waals surface area contributed by atoms with Gasteiger partial charge in [-0.1, -0.05) is 18.2 Å². The van der Waals surface area contributed by atoms with Crippen molar-refractivity contribution in [2.45, 2.75) is 39.3 Å². The molecule has 160 valence electrons. The maximum absolute atomic E-state index is 5.81. The number of halogens is 1. The minimum absolute atomic E-state index is 0. The zero-order chi connectivity index (χ0) is 19.6. The van der Waals surface area contributed by atoms with Crippen LogP contribution in [0.5, 0.6) is 0 Å². The topological polar surface area (TPSA) is 72.7 Å². The van der Waals surface area contributed by atoms with Crippen molar-refractivity contribution in [2.75, 3.05) is 32.9 Å². The molecule has 1 unspecified atom stereocenters. The van der Waals surface area contributed by atoms with Crippen LogP contribution in [0.25, 0.3) is 5.69 Å². The molecular formula is C21H32IN5O2. The van der Waals surface area contributed by atoms with E-state index in [-0.39, 0.29) is 30.1 Å². The number of benzene rings is 1. The molecular weight excluding hydrogens is 481 g/mol. The van der Waals surface area contributed by atoms with Gasteiger partial charge in [-0.2, -0.15) is 5.10 Å². The molecule has 1 atom stereocenters. The largest absolute Gasteiger partial charge is 0.379 e. The van der Waals surface area contributed by atoms with Crippen molar-refractivity contribution in [1.29, 1.82) is 0 Å². The fourth-order valence-electron chi connectivity index (χ4n) is 3.10. The highest BCUT2D eigenvalue weighted by Crippen LogP contribution is 2.15. The van der Waals surface area contributed by atoms with Crippen molar-refractivity contribution in [3.8, 4) is 5.69 Å². The number of ether oxygens (including phenoxy) is 2. The molecule has 0 amide bonds. The molecule has 1 aromatic carbocycles. The smallest absolute Gasteiger partial charge is 0.191 e. The molecule has 1 aliphatic rings. The molecule has 8 heteroatoms. The third-order valence-corrected chi connectivity index (χ3v) is 4.57. The molecule has 2 aromatic rings. The van der Waals surface area contributed by atoms with E-state index in [4.69, 9.17) is 14.5 Å². The van der Waals surface area contributed by atoms with Gasteiger partial charge in [0.1, 0.15) is 0 Å². The molecule has 29 heavy (non-hydrogen) atoms. The molecule has 1 fully saturated rings. The predicted molar refractivity (Wildman–Crippen MR) is 126 cm³/mol. The van der Waals surface area contributed by atoms with Crippen molar-refractivity contribution in [3.05, 3.63) is 47.8 Å². The van der Waals surface area contributed by atoms with Gasteiger partial charge in [-0.25, -0.2) is 9.67 Å². The van der Waals surface area contributed by atoms with Crippen molar-refractivity contribution in [3.63, 3.8) is 0 Å².